The van der Waals surface area contributed by atoms with Crippen LogP contribution in [0.3, 0.4) is 0 Å². The van der Waals surface area contributed by atoms with Gasteiger partial charge in [0.2, 0.25) is 0 Å². The van der Waals surface area contributed by atoms with E-state index in [2.05, 4.69) is 21.8 Å². The first kappa shape index (κ1) is 12.9. The fourth-order valence-corrected chi connectivity index (χ4v) is 2.85. The molecule has 0 spiro atoms. The molecule has 0 aliphatic heterocycles. The molecule has 1 atom stereocenters. The summed E-state index contributed by atoms with van der Waals surface area (Å²) in [4.78, 5) is 4.08. The number of pyridine rings is 1. The molecule has 4 nitrogen and oxygen atoms in total. The summed E-state index contributed by atoms with van der Waals surface area (Å²) in [7, 11) is 0. The van der Waals surface area contributed by atoms with Crippen molar-refractivity contribution in [2.75, 3.05) is 0 Å². The second-order valence-electron chi connectivity index (χ2n) is 5.30. The van der Waals surface area contributed by atoms with Gasteiger partial charge in [0.05, 0.1) is 6.10 Å². The fraction of sp³-hybridized carbons (Fsp3) is 0.375. The molecular weight excluding hydrogens is 250 g/mol. The van der Waals surface area contributed by atoms with E-state index in [1.165, 1.54) is 5.56 Å². The second-order valence-corrected chi connectivity index (χ2v) is 5.30. The Morgan fingerprint density at radius 3 is 3.15 bits per heavy atom. The van der Waals surface area contributed by atoms with Gasteiger partial charge < -0.3 is 9.67 Å². The van der Waals surface area contributed by atoms with Gasteiger partial charge in [0.25, 0.3) is 0 Å². The molecule has 1 N–H and O–H groups in total. The summed E-state index contributed by atoms with van der Waals surface area (Å²) >= 11 is 0. The van der Waals surface area contributed by atoms with Crippen LogP contribution < -0.4 is 0 Å². The molecule has 2 aromatic heterocycles. The molecule has 1 aliphatic carbocycles. The highest BCUT2D eigenvalue weighted by atomic mass is 16.3. The highest BCUT2D eigenvalue weighted by molar-refractivity contribution is 5.33. The lowest BCUT2D eigenvalue weighted by atomic mass is 10.1. The second kappa shape index (κ2) is 5.48. The topological polar surface area (TPSA) is 61.8 Å². The van der Waals surface area contributed by atoms with Gasteiger partial charge in [-0.3, -0.25) is 0 Å². The highest BCUT2D eigenvalue weighted by Crippen LogP contribution is 2.29. The zero-order chi connectivity index (χ0) is 13.9. The predicted octanol–water partition coefficient (Wildman–Crippen LogP) is 2.56. The number of hydrogen-bond donors (Lipinski definition) is 1. The summed E-state index contributed by atoms with van der Waals surface area (Å²) < 4.78 is 2.05. The van der Waals surface area contributed by atoms with Gasteiger partial charge in [0.1, 0.15) is 11.8 Å². The number of aliphatic hydroxyl groups is 1. The largest absolute Gasteiger partial charge is 0.388 e. The molecule has 0 bridgehead atoms. The molecule has 1 aliphatic rings. The minimum Gasteiger partial charge on any atom is -0.388 e. The average Bonchev–Trinajstić information content (AvgIpc) is 2.79. The Kier molecular flexibility index (Phi) is 3.53. The van der Waals surface area contributed by atoms with Gasteiger partial charge in [0, 0.05) is 36.3 Å². The van der Waals surface area contributed by atoms with E-state index in [1.807, 2.05) is 18.3 Å². The third kappa shape index (κ3) is 2.45. The van der Waals surface area contributed by atoms with Gasteiger partial charge in [-0.15, -0.1) is 0 Å². The maximum absolute atomic E-state index is 10.1. The van der Waals surface area contributed by atoms with Crippen LogP contribution in [0.1, 0.15) is 47.8 Å². The molecule has 20 heavy (non-hydrogen) atoms. The lowest BCUT2D eigenvalue weighted by Gasteiger charge is -2.07. The van der Waals surface area contributed by atoms with E-state index >= 15 is 0 Å². The lowest BCUT2D eigenvalue weighted by Crippen LogP contribution is -2.01. The van der Waals surface area contributed by atoms with Gasteiger partial charge >= 0.3 is 0 Å². The first-order valence-electron chi connectivity index (χ1n) is 6.98. The van der Waals surface area contributed by atoms with E-state index < -0.39 is 0 Å². The van der Waals surface area contributed by atoms with E-state index in [9.17, 15) is 5.11 Å². The summed E-state index contributed by atoms with van der Waals surface area (Å²) in [5, 5.41) is 19.2. The van der Waals surface area contributed by atoms with Crippen molar-refractivity contribution in [2.24, 2.45) is 0 Å². The summed E-state index contributed by atoms with van der Waals surface area (Å²) in [6.07, 6.45) is 9.47. The Morgan fingerprint density at radius 1 is 1.40 bits per heavy atom. The minimum absolute atomic E-state index is 0.349. The maximum atomic E-state index is 10.1. The van der Waals surface area contributed by atoms with Gasteiger partial charge in [-0.25, -0.2) is 4.98 Å². The molecule has 0 radical (unpaired) electrons. The third-order valence-corrected chi connectivity index (χ3v) is 3.88. The highest BCUT2D eigenvalue weighted by Gasteiger charge is 2.18. The number of aliphatic hydroxyl groups excluding tert-OH is 1. The minimum atomic E-state index is -0.349. The number of nitrogens with zero attached hydrogens (tertiary/aromatic N) is 3. The van der Waals surface area contributed by atoms with E-state index in [0.29, 0.717) is 12.2 Å². The Morgan fingerprint density at radius 2 is 2.30 bits per heavy atom. The molecule has 2 heterocycles. The Bertz CT molecular complexity index is 654. The molecular formula is C16H17N3O. The van der Waals surface area contributed by atoms with Crippen LogP contribution in [0.4, 0.5) is 0 Å². The number of hydrogen-bond acceptors (Lipinski definition) is 3. The van der Waals surface area contributed by atoms with Crippen LogP contribution in [0.2, 0.25) is 0 Å². The monoisotopic (exact) mass is 267 g/mol. The van der Waals surface area contributed by atoms with Gasteiger partial charge in [-0.05, 0) is 30.9 Å². The number of aromatic nitrogens is 2. The van der Waals surface area contributed by atoms with Crippen LogP contribution >= 0.6 is 0 Å². The predicted molar refractivity (Wildman–Crippen MR) is 75.0 cm³/mol. The third-order valence-electron chi connectivity index (χ3n) is 3.88. The molecule has 3 rings (SSSR count). The van der Waals surface area contributed by atoms with Crippen molar-refractivity contribution in [3.63, 3.8) is 0 Å². The molecule has 0 aromatic carbocycles. The Hall–Kier alpha value is -2.12. The Labute approximate surface area is 118 Å². The van der Waals surface area contributed by atoms with E-state index in [0.717, 1.165) is 36.8 Å². The lowest BCUT2D eigenvalue weighted by molar-refractivity contribution is 0.166. The normalized spacial score (nSPS) is 18.1. The maximum Gasteiger partial charge on any atom is 0.145 e. The zero-order valence-electron chi connectivity index (χ0n) is 11.3. The summed E-state index contributed by atoms with van der Waals surface area (Å²) in [5.41, 5.74) is 3.66. The first-order chi connectivity index (χ1) is 9.78. The fourth-order valence-electron chi connectivity index (χ4n) is 2.85. The molecule has 2 aromatic rings. The van der Waals surface area contributed by atoms with Crippen molar-refractivity contribution in [3.05, 3.63) is 53.1 Å². The van der Waals surface area contributed by atoms with Crippen molar-refractivity contribution in [1.82, 2.24) is 9.55 Å². The van der Waals surface area contributed by atoms with Crippen molar-refractivity contribution in [3.8, 4) is 6.07 Å². The average molecular weight is 267 g/mol. The Balaban J connectivity index is 1.89. The quantitative estimate of drug-likeness (QED) is 0.851. The first-order valence-corrected chi connectivity index (χ1v) is 6.98. The smallest absolute Gasteiger partial charge is 0.145 e. The van der Waals surface area contributed by atoms with Crippen LogP contribution in [-0.2, 0) is 13.0 Å². The van der Waals surface area contributed by atoms with E-state index in [-0.39, 0.29) is 6.10 Å². The molecule has 102 valence electrons. The van der Waals surface area contributed by atoms with Crippen molar-refractivity contribution in [1.29, 1.82) is 5.26 Å². The summed E-state index contributed by atoms with van der Waals surface area (Å²) in [5.74, 6) is 0. The van der Waals surface area contributed by atoms with Crippen LogP contribution in [0.5, 0.6) is 0 Å². The van der Waals surface area contributed by atoms with Crippen LogP contribution in [0.15, 0.2) is 30.7 Å². The zero-order valence-corrected chi connectivity index (χ0v) is 11.3. The molecule has 4 heteroatoms. The number of rotatable bonds is 2. The number of fused-ring (bicyclic) bond motifs is 1. The van der Waals surface area contributed by atoms with E-state index in [4.69, 9.17) is 5.26 Å². The van der Waals surface area contributed by atoms with Crippen molar-refractivity contribution < 1.29 is 5.11 Å². The van der Waals surface area contributed by atoms with Crippen LogP contribution in [-0.4, -0.2) is 14.7 Å². The number of nitriles is 1. The van der Waals surface area contributed by atoms with E-state index in [1.54, 1.807) is 6.20 Å². The van der Waals surface area contributed by atoms with Gasteiger partial charge in [0.15, 0.2) is 0 Å². The van der Waals surface area contributed by atoms with Gasteiger partial charge in [-0.1, -0.05) is 12.5 Å². The van der Waals surface area contributed by atoms with Crippen molar-refractivity contribution >= 4 is 0 Å². The van der Waals surface area contributed by atoms with Crippen molar-refractivity contribution in [2.45, 2.75) is 38.3 Å². The van der Waals surface area contributed by atoms with Crippen LogP contribution in [0.25, 0.3) is 0 Å². The molecule has 0 fully saturated rings. The molecule has 0 amide bonds. The number of aryl methyl sites for hydroxylation is 1. The van der Waals surface area contributed by atoms with Gasteiger partial charge in [-0.2, -0.15) is 5.26 Å². The summed E-state index contributed by atoms with van der Waals surface area (Å²) in [6, 6.07) is 5.89. The molecule has 0 saturated carbocycles. The van der Waals surface area contributed by atoms with Crippen LogP contribution in [0, 0.1) is 11.3 Å². The molecule has 0 saturated heterocycles. The standard InChI is InChI=1S/C16H17N3O/c17-8-15-13(5-3-7-18-15)10-19-9-12-4-1-2-6-16(20)14(12)11-19/h3,5,7,9,11,16,20H,1-2,4,6,10H2. The SMILES string of the molecule is N#Cc1ncccc1Cn1cc2c(c1)C(O)CCCC2. The molecule has 1 unspecified atom stereocenters. The summed E-state index contributed by atoms with van der Waals surface area (Å²) in [6.45, 7) is 0.621.